The average Bonchev–Trinajstić information content (AvgIpc) is 3.06. The van der Waals surface area contributed by atoms with E-state index in [4.69, 9.17) is 10.5 Å². The van der Waals surface area contributed by atoms with Crippen LogP contribution in [0.2, 0.25) is 0 Å². The standard InChI is InChI=1S/C20H35N7O/c1-5-6-15(3)28-20-24-18(21)19-23-12-17(27(19)25-20)11-16-7-9-26(10-8-16)13-14(2)22-4/h12,14-16,22H,5-11,13H2,1-4H3,(H2,21,24,25)/t14-,15+/m1/s1. The number of piperidine rings is 1. The summed E-state index contributed by atoms with van der Waals surface area (Å²) in [6, 6.07) is 0.865. The zero-order valence-corrected chi connectivity index (χ0v) is 17.7. The van der Waals surface area contributed by atoms with Crippen LogP contribution in [-0.4, -0.2) is 63.3 Å². The van der Waals surface area contributed by atoms with Gasteiger partial charge in [-0.05, 0) is 65.6 Å². The van der Waals surface area contributed by atoms with Crippen molar-refractivity contribution in [3.8, 4) is 6.01 Å². The number of likely N-dealkylation sites (tertiary alicyclic amines) is 1. The molecule has 2 atom stereocenters. The van der Waals surface area contributed by atoms with Gasteiger partial charge in [-0.25, -0.2) is 9.50 Å². The molecule has 3 heterocycles. The zero-order chi connectivity index (χ0) is 20.1. The summed E-state index contributed by atoms with van der Waals surface area (Å²) in [5.41, 5.74) is 7.80. The number of ether oxygens (including phenoxy) is 1. The average molecular weight is 390 g/mol. The van der Waals surface area contributed by atoms with Gasteiger partial charge >= 0.3 is 6.01 Å². The second kappa shape index (κ2) is 9.52. The van der Waals surface area contributed by atoms with Crippen molar-refractivity contribution >= 4 is 11.5 Å². The maximum Gasteiger partial charge on any atom is 0.336 e. The molecule has 0 amide bonds. The van der Waals surface area contributed by atoms with Gasteiger partial charge in [-0.3, -0.25) is 0 Å². The first-order valence-corrected chi connectivity index (χ1v) is 10.6. The van der Waals surface area contributed by atoms with Crippen LogP contribution in [0.4, 0.5) is 5.82 Å². The third kappa shape index (κ3) is 5.11. The van der Waals surface area contributed by atoms with Crippen LogP contribution in [0.5, 0.6) is 6.01 Å². The number of aromatic nitrogens is 4. The second-order valence-corrected chi connectivity index (χ2v) is 8.12. The lowest BCUT2D eigenvalue weighted by atomic mass is 9.92. The van der Waals surface area contributed by atoms with Gasteiger partial charge in [0, 0.05) is 12.6 Å². The Labute approximate surface area is 167 Å². The van der Waals surface area contributed by atoms with Gasteiger partial charge in [0.25, 0.3) is 0 Å². The molecule has 0 aliphatic carbocycles. The first-order valence-electron chi connectivity index (χ1n) is 10.6. The summed E-state index contributed by atoms with van der Waals surface area (Å²) in [7, 11) is 2.02. The fourth-order valence-corrected chi connectivity index (χ4v) is 3.91. The predicted molar refractivity (Wildman–Crippen MR) is 112 cm³/mol. The minimum atomic E-state index is 0.0677. The molecule has 156 valence electrons. The van der Waals surface area contributed by atoms with E-state index in [1.807, 2.05) is 24.7 Å². The molecule has 0 aromatic carbocycles. The predicted octanol–water partition coefficient (Wildman–Crippen LogP) is 2.14. The van der Waals surface area contributed by atoms with E-state index in [0.29, 0.717) is 29.4 Å². The van der Waals surface area contributed by atoms with E-state index in [1.165, 1.54) is 12.8 Å². The topological polar surface area (TPSA) is 93.6 Å². The summed E-state index contributed by atoms with van der Waals surface area (Å²) in [5, 5.41) is 7.89. The van der Waals surface area contributed by atoms with E-state index in [9.17, 15) is 0 Å². The molecule has 28 heavy (non-hydrogen) atoms. The van der Waals surface area contributed by atoms with Crippen LogP contribution in [0.1, 0.15) is 52.1 Å². The molecule has 8 heteroatoms. The van der Waals surface area contributed by atoms with Crippen LogP contribution in [0.3, 0.4) is 0 Å². The van der Waals surface area contributed by atoms with E-state index >= 15 is 0 Å². The van der Waals surface area contributed by atoms with E-state index in [0.717, 1.165) is 44.6 Å². The minimum Gasteiger partial charge on any atom is -0.459 e. The quantitative estimate of drug-likeness (QED) is 0.678. The minimum absolute atomic E-state index is 0.0677. The Morgan fingerprint density at radius 2 is 2.07 bits per heavy atom. The van der Waals surface area contributed by atoms with Crippen molar-refractivity contribution in [2.45, 2.75) is 65.0 Å². The lowest BCUT2D eigenvalue weighted by Gasteiger charge is -2.33. The summed E-state index contributed by atoms with van der Waals surface area (Å²) < 4.78 is 7.68. The van der Waals surface area contributed by atoms with Crippen molar-refractivity contribution in [2.75, 3.05) is 32.4 Å². The van der Waals surface area contributed by atoms with Gasteiger partial charge in [0.2, 0.25) is 0 Å². The van der Waals surface area contributed by atoms with E-state index in [2.05, 4.69) is 39.1 Å². The highest BCUT2D eigenvalue weighted by Gasteiger charge is 2.22. The Hall–Kier alpha value is -1.93. The van der Waals surface area contributed by atoms with E-state index < -0.39 is 0 Å². The molecule has 1 saturated heterocycles. The molecule has 8 nitrogen and oxygen atoms in total. The van der Waals surface area contributed by atoms with Crippen molar-refractivity contribution in [1.82, 2.24) is 29.8 Å². The van der Waals surface area contributed by atoms with Crippen LogP contribution < -0.4 is 15.8 Å². The van der Waals surface area contributed by atoms with Gasteiger partial charge in [-0.15, -0.1) is 5.10 Å². The number of nitrogens with two attached hydrogens (primary N) is 1. The Morgan fingerprint density at radius 3 is 2.75 bits per heavy atom. The summed E-state index contributed by atoms with van der Waals surface area (Å²) >= 11 is 0. The molecule has 2 aromatic rings. The molecular formula is C20H35N7O. The summed E-state index contributed by atoms with van der Waals surface area (Å²) in [5.74, 6) is 1.01. The van der Waals surface area contributed by atoms with Crippen LogP contribution in [0.15, 0.2) is 6.20 Å². The van der Waals surface area contributed by atoms with E-state index in [1.54, 1.807) is 0 Å². The van der Waals surface area contributed by atoms with Gasteiger partial charge in [-0.2, -0.15) is 4.98 Å². The Bertz CT molecular complexity index is 754. The molecule has 0 unspecified atom stereocenters. The lowest BCUT2D eigenvalue weighted by Crippen LogP contribution is -2.42. The van der Waals surface area contributed by atoms with Crippen molar-refractivity contribution in [2.24, 2.45) is 5.92 Å². The van der Waals surface area contributed by atoms with Gasteiger partial charge in [0.15, 0.2) is 11.5 Å². The number of likely N-dealkylation sites (N-methyl/N-ethyl adjacent to an activating group) is 1. The van der Waals surface area contributed by atoms with Crippen LogP contribution >= 0.6 is 0 Å². The van der Waals surface area contributed by atoms with Gasteiger partial charge in [-0.1, -0.05) is 13.3 Å². The molecule has 1 aliphatic heterocycles. The van der Waals surface area contributed by atoms with Crippen molar-refractivity contribution in [3.63, 3.8) is 0 Å². The number of hydrogen-bond donors (Lipinski definition) is 2. The highest BCUT2D eigenvalue weighted by atomic mass is 16.5. The van der Waals surface area contributed by atoms with Crippen LogP contribution in [0.25, 0.3) is 5.65 Å². The Balaban J connectivity index is 1.66. The highest BCUT2D eigenvalue weighted by Crippen LogP contribution is 2.23. The van der Waals surface area contributed by atoms with Crippen molar-refractivity contribution < 1.29 is 4.74 Å². The van der Waals surface area contributed by atoms with Crippen molar-refractivity contribution in [3.05, 3.63) is 11.9 Å². The first-order chi connectivity index (χ1) is 13.5. The number of nitrogens with zero attached hydrogens (tertiary/aromatic N) is 5. The number of anilines is 1. The zero-order valence-electron chi connectivity index (χ0n) is 17.7. The third-order valence-corrected chi connectivity index (χ3v) is 5.67. The summed E-state index contributed by atoms with van der Waals surface area (Å²) in [6.07, 6.45) is 7.32. The van der Waals surface area contributed by atoms with Gasteiger partial charge in [0.05, 0.1) is 18.0 Å². The number of imidazole rings is 1. The Morgan fingerprint density at radius 1 is 1.32 bits per heavy atom. The smallest absolute Gasteiger partial charge is 0.336 e. The second-order valence-electron chi connectivity index (χ2n) is 8.12. The number of nitrogen functional groups attached to an aromatic ring is 1. The van der Waals surface area contributed by atoms with E-state index in [-0.39, 0.29) is 6.10 Å². The number of fused-ring (bicyclic) bond motifs is 1. The van der Waals surface area contributed by atoms with Crippen molar-refractivity contribution in [1.29, 1.82) is 0 Å². The number of rotatable bonds is 9. The molecule has 3 N–H and O–H groups in total. The molecule has 0 saturated carbocycles. The maximum atomic E-state index is 6.10. The molecule has 1 aliphatic rings. The fourth-order valence-electron chi connectivity index (χ4n) is 3.91. The summed E-state index contributed by atoms with van der Waals surface area (Å²) in [4.78, 5) is 11.3. The van der Waals surface area contributed by atoms with Crippen LogP contribution in [0, 0.1) is 5.92 Å². The third-order valence-electron chi connectivity index (χ3n) is 5.67. The first kappa shape index (κ1) is 20.8. The number of nitrogens with one attached hydrogen (secondary N) is 1. The monoisotopic (exact) mass is 389 g/mol. The molecule has 2 aromatic heterocycles. The molecular weight excluding hydrogens is 354 g/mol. The van der Waals surface area contributed by atoms with Gasteiger partial charge in [0.1, 0.15) is 0 Å². The molecule has 0 bridgehead atoms. The molecule has 0 radical (unpaired) electrons. The Kier molecular flexibility index (Phi) is 7.07. The maximum absolute atomic E-state index is 6.10. The van der Waals surface area contributed by atoms with Gasteiger partial charge < -0.3 is 20.7 Å². The normalized spacial score (nSPS) is 18.4. The number of hydrogen-bond acceptors (Lipinski definition) is 7. The molecule has 3 rings (SSSR count). The fraction of sp³-hybridized carbons (Fsp3) is 0.750. The SMILES string of the molecule is CCC[C@H](C)Oc1nc(N)c2ncc(CC3CCN(C[C@@H](C)NC)CC3)n2n1. The molecule has 1 fully saturated rings. The lowest BCUT2D eigenvalue weighted by molar-refractivity contribution is 0.171. The molecule has 0 spiro atoms. The summed E-state index contributed by atoms with van der Waals surface area (Å²) in [6.45, 7) is 9.80. The van der Waals surface area contributed by atoms with Crippen LogP contribution in [-0.2, 0) is 6.42 Å². The largest absolute Gasteiger partial charge is 0.459 e. The highest BCUT2D eigenvalue weighted by molar-refractivity contribution is 5.59.